The van der Waals surface area contributed by atoms with E-state index in [1.165, 1.54) is 32.1 Å². The largest absolute Gasteiger partial charge is 0.387 e. The number of hydrogen-bond donors (Lipinski definition) is 2. The third kappa shape index (κ3) is 4.63. The number of aliphatic hydroxyl groups is 1. The summed E-state index contributed by atoms with van der Waals surface area (Å²) in [5.41, 5.74) is 1.50. The van der Waals surface area contributed by atoms with E-state index < -0.39 is 6.10 Å². The molecule has 2 atom stereocenters. The van der Waals surface area contributed by atoms with Crippen molar-refractivity contribution in [3.8, 4) is 0 Å². The molecule has 0 aromatic heterocycles. The minimum absolute atomic E-state index is 0.391. The van der Waals surface area contributed by atoms with Gasteiger partial charge in [0.15, 0.2) is 0 Å². The monoisotopic (exact) mass is 261 g/mol. The zero-order chi connectivity index (χ0) is 13.7. The number of rotatable bonds is 4. The average molecular weight is 261 g/mol. The van der Waals surface area contributed by atoms with E-state index in [0.29, 0.717) is 18.0 Å². The van der Waals surface area contributed by atoms with Crippen molar-refractivity contribution >= 4 is 0 Å². The van der Waals surface area contributed by atoms with E-state index in [-0.39, 0.29) is 0 Å². The van der Waals surface area contributed by atoms with Gasteiger partial charge in [0.1, 0.15) is 0 Å². The second kappa shape index (κ2) is 6.53. The van der Waals surface area contributed by atoms with Gasteiger partial charge in [0.25, 0.3) is 0 Å². The van der Waals surface area contributed by atoms with E-state index >= 15 is 0 Å². The van der Waals surface area contributed by atoms with Gasteiger partial charge in [-0.15, -0.1) is 0 Å². The van der Waals surface area contributed by atoms with Gasteiger partial charge >= 0.3 is 0 Å². The lowest BCUT2D eigenvalue weighted by atomic mass is 9.85. The van der Waals surface area contributed by atoms with Crippen LogP contribution in [0, 0.1) is 5.41 Å². The van der Waals surface area contributed by atoms with Crippen molar-refractivity contribution in [2.45, 2.75) is 58.1 Å². The maximum Gasteiger partial charge on any atom is 0.0914 e. The van der Waals surface area contributed by atoms with Crippen molar-refractivity contribution in [3.63, 3.8) is 0 Å². The zero-order valence-corrected chi connectivity index (χ0v) is 12.2. The molecule has 1 aromatic rings. The van der Waals surface area contributed by atoms with E-state index in [0.717, 1.165) is 5.56 Å². The molecule has 0 spiro atoms. The Hall–Kier alpha value is -0.860. The quantitative estimate of drug-likeness (QED) is 0.811. The molecule has 2 N–H and O–H groups in total. The molecule has 2 heteroatoms. The molecular formula is C17H27NO. The minimum atomic E-state index is -0.391. The van der Waals surface area contributed by atoms with Gasteiger partial charge in [0, 0.05) is 12.6 Å². The van der Waals surface area contributed by atoms with E-state index in [9.17, 15) is 5.11 Å². The first-order chi connectivity index (χ1) is 9.07. The maximum absolute atomic E-state index is 10.2. The molecule has 2 nitrogen and oxygen atoms in total. The molecule has 1 aliphatic rings. The molecule has 2 unspecified atom stereocenters. The van der Waals surface area contributed by atoms with E-state index in [2.05, 4.69) is 19.2 Å². The van der Waals surface area contributed by atoms with Crippen LogP contribution < -0.4 is 5.32 Å². The smallest absolute Gasteiger partial charge is 0.0914 e. The first-order valence-electron chi connectivity index (χ1n) is 7.53. The Labute approximate surface area is 117 Å². The summed E-state index contributed by atoms with van der Waals surface area (Å²) in [4.78, 5) is 0. The minimum Gasteiger partial charge on any atom is -0.387 e. The summed E-state index contributed by atoms with van der Waals surface area (Å²) >= 11 is 0. The Kier molecular flexibility index (Phi) is 5.00. The Morgan fingerprint density at radius 1 is 1.21 bits per heavy atom. The zero-order valence-electron chi connectivity index (χ0n) is 12.2. The third-order valence-corrected chi connectivity index (χ3v) is 4.36. The SMILES string of the molecule is CC1(C)CCCC(NCC(O)c2ccccc2)CC1. The Balaban J connectivity index is 1.79. The van der Waals surface area contributed by atoms with Crippen LogP contribution in [0.25, 0.3) is 0 Å². The molecule has 0 radical (unpaired) electrons. The molecule has 106 valence electrons. The first kappa shape index (κ1) is 14.5. The fourth-order valence-corrected chi connectivity index (χ4v) is 2.94. The number of aliphatic hydroxyl groups excluding tert-OH is 1. The first-order valence-corrected chi connectivity index (χ1v) is 7.53. The highest BCUT2D eigenvalue weighted by Crippen LogP contribution is 2.33. The van der Waals surface area contributed by atoms with Gasteiger partial charge in [-0.25, -0.2) is 0 Å². The highest BCUT2D eigenvalue weighted by molar-refractivity contribution is 5.17. The summed E-state index contributed by atoms with van der Waals surface area (Å²) in [7, 11) is 0. The Morgan fingerprint density at radius 3 is 2.68 bits per heavy atom. The molecule has 19 heavy (non-hydrogen) atoms. The van der Waals surface area contributed by atoms with Gasteiger partial charge in [0.05, 0.1) is 6.10 Å². The number of benzene rings is 1. The molecule has 1 saturated carbocycles. The number of hydrogen-bond acceptors (Lipinski definition) is 2. The lowest BCUT2D eigenvalue weighted by Gasteiger charge is -2.22. The average Bonchev–Trinajstić information content (AvgIpc) is 2.58. The van der Waals surface area contributed by atoms with Crippen LogP contribution >= 0.6 is 0 Å². The molecule has 0 bridgehead atoms. The Morgan fingerprint density at radius 2 is 1.95 bits per heavy atom. The second-order valence-corrected chi connectivity index (χ2v) is 6.63. The van der Waals surface area contributed by atoms with Crippen LogP contribution in [-0.4, -0.2) is 17.7 Å². The summed E-state index contributed by atoms with van der Waals surface area (Å²) in [6.07, 6.45) is 5.99. The summed E-state index contributed by atoms with van der Waals surface area (Å²) in [5.74, 6) is 0. The van der Waals surface area contributed by atoms with Crippen LogP contribution in [0.2, 0.25) is 0 Å². The lowest BCUT2D eigenvalue weighted by Crippen LogP contribution is -2.32. The van der Waals surface area contributed by atoms with Crippen molar-refractivity contribution < 1.29 is 5.11 Å². The lowest BCUT2D eigenvalue weighted by molar-refractivity contribution is 0.168. The molecule has 0 heterocycles. The topological polar surface area (TPSA) is 32.3 Å². The molecule has 1 aliphatic carbocycles. The molecule has 0 amide bonds. The standard InChI is InChI=1S/C17H27NO/c1-17(2)11-6-9-15(10-12-17)18-13-16(19)14-7-4-3-5-8-14/h3-5,7-8,15-16,18-19H,6,9-13H2,1-2H3. The van der Waals surface area contributed by atoms with Crippen LogP contribution in [0.5, 0.6) is 0 Å². The van der Waals surface area contributed by atoms with Gasteiger partial charge in [-0.3, -0.25) is 0 Å². The van der Waals surface area contributed by atoms with E-state index in [1.54, 1.807) is 0 Å². The van der Waals surface area contributed by atoms with Crippen molar-refractivity contribution in [1.29, 1.82) is 0 Å². The summed E-state index contributed by atoms with van der Waals surface area (Å²) in [6.45, 7) is 5.40. The fourth-order valence-electron chi connectivity index (χ4n) is 2.94. The van der Waals surface area contributed by atoms with Crippen molar-refractivity contribution in [2.75, 3.05) is 6.54 Å². The predicted molar refractivity (Wildman–Crippen MR) is 80.1 cm³/mol. The summed E-state index contributed by atoms with van der Waals surface area (Å²) in [5, 5.41) is 13.7. The third-order valence-electron chi connectivity index (χ3n) is 4.36. The van der Waals surface area contributed by atoms with Crippen LogP contribution in [0.3, 0.4) is 0 Å². The van der Waals surface area contributed by atoms with Gasteiger partial charge in [-0.05, 0) is 36.7 Å². The highest BCUT2D eigenvalue weighted by atomic mass is 16.3. The van der Waals surface area contributed by atoms with Crippen molar-refractivity contribution in [2.24, 2.45) is 5.41 Å². The van der Waals surface area contributed by atoms with Crippen LogP contribution in [0.1, 0.15) is 57.6 Å². The molecule has 1 fully saturated rings. The highest BCUT2D eigenvalue weighted by Gasteiger charge is 2.24. The number of nitrogens with one attached hydrogen (secondary N) is 1. The molecule has 0 saturated heterocycles. The molecular weight excluding hydrogens is 234 g/mol. The van der Waals surface area contributed by atoms with Crippen LogP contribution in [0.4, 0.5) is 0 Å². The van der Waals surface area contributed by atoms with Gasteiger partial charge in [-0.2, -0.15) is 0 Å². The van der Waals surface area contributed by atoms with E-state index in [4.69, 9.17) is 0 Å². The summed E-state index contributed by atoms with van der Waals surface area (Å²) in [6, 6.07) is 10.5. The normalized spacial score (nSPS) is 24.7. The predicted octanol–water partition coefficient (Wildman–Crippen LogP) is 3.67. The van der Waals surface area contributed by atoms with Gasteiger partial charge < -0.3 is 10.4 Å². The van der Waals surface area contributed by atoms with Crippen LogP contribution in [0.15, 0.2) is 30.3 Å². The fraction of sp³-hybridized carbons (Fsp3) is 0.647. The maximum atomic E-state index is 10.2. The van der Waals surface area contributed by atoms with Crippen molar-refractivity contribution in [3.05, 3.63) is 35.9 Å². The molecule has 1 aromatic carbocycles. The van der Waals surface area contributed by atoms with Crippen LogP contribution in [-0.2, 0) is 0 Å². The summed E-state index contributed by atoms with van der Waals surface area (Å²) < 4.78 is 0. The Bertz CT molecular complexity index is 374. The van der Waals surface area contributed by atoms with Crippen molar-refractivity contribution in [1.82, 2.24) is 5.32 Å². The second-order valence-electron chi connectivity index (χ2n) is 6.63. The van der Waals surface area contributed by atoms with Gasteiger partial charge in [0.2, 0.25) is 0 Å². The molecule has 0 aliphatic heterocycles. The van der Waals surface area contributed by atoms with E-state index in [1.807, 2.05) is 30.3 Å². The van der Waals surface area contributed by atoms with Gasteiger partial charge in [-0.1, -0.05) is 50.6 Å². The molecule has 2 rings (SSSR count).